The summed E-state index contributed by atoms with van der Waals surface area (Å²) >= 11 is 0. The number of nitrogens with zero attached hydrogens (tertiary/aromatic N) is 2. The number of carbonyl (C=O) groups excluding carboxylic acids is 3. The molecule has 3 aliphatic rings. The zero-order valence-electron chi connectivity index (χ0n) is 34.1. The van der Waals surface area contributed by atoms with E-state index in [4.69, 9.17) is 23.7 Å². The Morgan fingerprint density at radius 2 is 1.18 bits per heavy atom. The van der Waals surface area contributed by atoms with Crippen molar-refractivity contribution in [2.45, 2.75) is 84.0 Å². The number of benzene rings is 3. The van der Waals surface area contributed by atoms with Gasteiger partial charge in [-0.1, -0.05) is 30.3 Å². The first-order chi connectivity index (χ1) is 26.6. The van der Waals surface area contributed by atoms with Gasteiger partial charge in [0.05, 0.1) is 20.8 Å². The molecule has 3 aliphatic heterocycles. The highest BCUT2D eigenvalue weighted by Gasteiger charge is 2.36. The first kappa shape index (κ1) is 42.2. The van der Waals surface area contributed by atoms with Gasteiger partial charge in [-0.3, -0.25) is 4.79 Å². The fraction of sp³-hybridized carbons (Fsp3) is 0.523. The summed E-state index contributed by atoms with van der Waals surface area (Å²) in [6.45, 7) is 14.6. The SMILES string of the molecule is COc1ccc([C@@H]2CCN(C(=O)OC(C)(C)C)C[C@H]2CO)cc1.COc1ccc([C@@H]2CCN(C(=O)OC(C)(C)C)C[C@H]2COc2ccc3c(c2)C(=O)NC3)cc1. The Bertz CT molecular complexity index is 1780. The molecular formula is C44H59N3O9. The number of hydrogen-bond donors (Lipinski definition) is 2. The fourth-order valence-corrected chi connectivity index (χ4v) is 7.47. The van der Waals surface area contributed by atoms with Crippen LogP contribution in [0, 0.1) is 11.8 Å². The number of piperidine rings is 2. The van der Waals surface area contributed by atoms with Crippen LogP contribution in [-0.2, 0) is 16.0 Å². The monoisotopic (exact) mass is 773 g/mol. The molecule has 0 aliphatic carbocycles. The van der Waals surface area contributed by atoms with Crippen molar-refractivity contribution in [3.8, 4) is 17.2 Å². The van der Waals surface area contributed by atoms with Gasteiger partial charge in [-0.25, -0.2) is 9.59 Å². The average molecular weight is 774 g/mol. The zero-order valence-corrected chi connectivity index (χ0v) is 34.1. The van der Waals surface area contributed by atoms with Crippen molar-refractivity contribution in [3.05, 3.63) is 89.0 Å². The number of hydrogen-bond acceptors (Lipinski definition) is 9. The van der Waals surface area contributed by atoms with Crippen LogP contribution in [-0.4, -0.2) is 97.8 Å². The van der Waals surface area contributed by atoms with Crippen LogP contribution in [0.25, 0.3) is 0 Å². The van der Waals surface area contributed by atoms with Crippen LogP contribution in [0.1, 0.15) is 93.3 Å². The zero-order chi connectivity index (χ0) is 40.6. The Morgan fingerprint density at radius 1 is 0.714 bits per heavy atom. The molecule has 2 fully saturated rings. The Balaban J connectivity index is 0.000000229. The maximum Gasteiger partial charge on any atom is 0.410 e. The van der Waals surface area contributed by atoms with Crippen molar-refractivity contribution in [2.75, 3.05) is 53.6 Å². The smallest absolute Gasteiger partial charge is 0.410 e. The highest BCUT2D eigenvalue weighted by atomic mass is 16.6. The van der Waals surface area contributed by atoms with Crippen LogP contribution in [0.4, 0.5) is 9.59 Å². The number of fused-ring (bicyclic) bond motifs is 1. The van der Waals surface area contributed by atoms with Crippen LogP contribution in [0.2, 0.25) is 0 Å². The first-order valence-corrected chi connectivity index (χ1v) is 19.5. The van der Waals surface area contributed by atoms with E-state index in [1.165, 1.54) is 11.1 Å². The van der Waals surface area contributed by atoms with Crippen LogP contribution in [0.3, 0.4) is 0 Å². The second-order valence-corrected chi connectivity index (χ2v) is 16.7. The number of aliphatic hydroxyl groups is 1. The third-order valence-corrected chi connectivity index (χ3v) is 10.3. The van der Waals surface area contributed by atoms with E-state index in [0.29, 0.717) is 50.6 Å². The summed E-state index contributed by atoms with van der Waals surface area (Å²) in [7, 11) is 3.30. The lowest BCUT2D eigenvalue weighted by molar-refractivity contribution is 0.00952. The number of aliphatic hydroxyl groups excluding tert-OH is 1. The van der Waals surface area contributed by atoms with E-state index in [1.54, 1.807) is 30.1 Å². The van der Waals surface area contributed by atoms with E-state index in [-0.39, 0.29) is 48.4 Å². The van der Waals surface area contributed by atoms with Gasteiger partial charge in [0, 0.05) is 56.7 Å². The quantitative estimate of drug-likeness (QED) is 0.240. The van der Waals surface area contributed by atoms with Gasteiger partial charge in [0.1, 0.15) is 28.5 Å². The molecule has 3 aromatic carbocycles. The lowest BCUT2D eigenvalue weighted by Gasteiger charge is -2.39. The van der Waals surface area contributed by atoms with Gasteiger partial charge >= 0.3 is 12.2 Å². The molecule has 12 heteroatoms. The van der Waals surface area contributed by atoms with Gasteiger partial charge in [-0.2, -0.15) is 0 Å². The second kappa shape index (κ2) is 18.3. The minimum atomic E-state index is -0.541. The number of carbonyl (C=O) groups is 3. The number of ether oxygens (including phenoxy) is 5. The second-order valence-electron chi connectivity index (χ2n) is 16.7. The Hall–Kier alpha value is -4.97. The van der Waals surface area contributed by atoms with Crippen molar-refractivity contribution in [1.29, 1.82) is 0 Å². The molecular weight excluding hydrogens is 714 g/mol. The molecule has 2 saturated heterocycles. The topological polar surface area (TPSA) is 136 Å². The molecule has 4 atom stereocenters. The van der Waals surface area contributed by atoms with Crippen molar-refractivity contribution in [1.82, 2.24) is 15.1 Å². The van der Waals surface area contributed by atoms with Gasteiger partial charge in [0.15, 0.2) is 0 Å². The van der Waals surface area contributed by atoms with Crippen molar-refractivity contribution >= 4 is 18.1 Å². The predicted molar refractivity (Wildman–Crippen MR) is 213 cm³/mol. The summed E-state index contributed by atoms with van der Waals surface area (Å²) in [5.41, 5.74) is 2.98. The summed E-state index contributed by atoms with van der Waals surface area (Å²) in [5, 5.41) is 12.6. The third-order valence-electron chi connectivity index (χ3n) is 10.3. The van der Waals surface area contributed by atoms with Crippen molar-refractivity contribution in [3.63, 3.8) is 0 Å². The maximum absolute atomic E-state index is 12.7. The Labute approximate surface area is 331 Å². The highest BCUT2D eigenvalue weighted by molar-refractivity contribution is 5.98. The standard InChI is InChI=1S/C26H32N2O5.C18H27NO4/c1-26(2,3)33-25(30)28-12-11-22(17-5-8-20(31-4)9-6-17)19(15-28)16-32-21-10-7-18-14-27-24(29)23(18)13-21;1-18(2,3)23-17(21)19-10-9-16(14(11-19)12-20)13-5-7-15(22-4)8-6-13/h5-10,13,19,22H,11-12,14-16H2,1-4H3,(H,27,29);5-8,14,16,20H,9-12H2,1-4H3/t19-,22-;14-,16-/m00/s1. The molecule has 3 amide bonds. The number of nitrogens with one attached hydrogen (secondary N) is 1. The molecule has 0 aromatic heterocycles. The Morgan fingerprint density at radius 3 is 1.64 bits per heavy atom. The molecule has 6 rings (SSSR count). The molecule has 3 heterocycles. The number of amides is 3. The van der Waals surface area contributed by atoms with E-state index in [9.17, 15) is 19.5 Å². The van der Waals surface area contributed by atoms with Gasteiger partial charge < -0.3 is 43.9 Å². The first-order valence-electron chi connectivity index (χ1n) is 19.5. The number of methoxy groups -OCH3 is 2. The molecule has 0 unspecified atom stereocenters. The molecule has 3 aromatic rings. The summed E-state index contributed by atoms with van der Waals surface area (Å²) in [6, 6.07) is 21.7. The van der Waals surface area contributed by atoms with Gasteiger partial charge in [-0.05, 0) is 119 Å². The average Bonchev–Trinajstić information content (AvgIpc) is 3.55. The number of likely N-dealkylation sites (tertiary alicyclic amines) is 2. The van der Waals surface area contributed by atoms with Gasteiger partial charge in [0.2, 0.25) is 0 Å². The minimum absolute atomic E-state index is 0.0182. The van der Waals surface area contributed by atoms with E-state index < -0.39 is 11.2 Å². The van der Waals surface area contributed by atoms with E-state index >= 15 is 0 Å². The van der Waals surface area contributed by atoms with Gasteiger partial charge in [0.25, 0.3) is 5.91 Å². The number of rotatable bonds is 8. The molecule has 0 spiro atoms. The molecule has 304 valence electrons. The van der Waals surface area contributed by atoms with Gasteiger partial charge in [-0.15, -0.1) is 0 Å². The normalized spacial score (nSPS) is 20.8. The summed E-state index contributed by atoms with van der Waals surface area (Å²) in [6.07, 6.45) is 1.03. The molecule has 0 radical (unpaired) electrons. The largest absolute Gasteiger partial charge is 0.497 e. The van der Waals surface area contributed by atoms with Crippen LogP contribution >= 0.6 is 0 Å². The fourth-order valence-electron chi connectivity index (χ4n) is 7.47. The lowest BCUT2D eigenvalue weighted by atomic mass is 9.81. The minimum Gasteiger partial charge on any atom is -0.497 e. The third kappa shape index (κ3) is 11.3. The van der Waals surface area contributed by atoms with Crippen molar-refractivity contribution in [2.24, 2.45) is 11.8 Å². The molecule has 12 nitrogen and oxygen atoms in total. The summed E-state index contributed by atoms with van der Waals surface area (Å²) in [4.78, 5) is 40.4. The molecule has 0 bridgehead atoms. The highest BCUT2D eigenvalue weighted by Crippen LogP contribution is 2.36. The summed E-state index contributed by atoms with van der Waals surface area (Å²) in [5.74, 6) is 2.78. The Kier molecular flexibility index (Phi) is 13.8. The van der Waals surface area contributed by atoms with E-state index in [2.05, 4.69) is 17.4 Å². The lowest BCUT2D eigenvalue weighted by Crippen LogP contribution is -2.46. The van der Waals surface area contributed by atoms with E-state index in [1.807, 2.05) is 90.1 Å². The molecule has 56 heavy (non-hydrogen) atoms. The summed E-state index contributed by atoms with van der Waals surface area (Å²) < 4.78 is 27.7. The van der Waals surface area contributed by atoms with Crippen LogP contribution < -0.4 is 19.5 Å². The van der Waals surface area contributed by atoms with Crippen LogP contribution in [0.15, 0.2) is 66.7 Å². The van der Waals surface area contributed by atoms with Crippen molar-refractivity contribution < 1.29 is 43.2 Å². The molecule has 2 N–H and O–H groups in total. The predicted octanol–water partition coefficient (Wildman–Crippen LogP) is 7.39. The maximum atomic E-state index is 12.7. The van der Waals surface area contributed by atoms with Crippen LogP contribution in [0.5, 0.6) is 17.2 Å². The van der Waals surface area contributed by atoms with E-state index in [0.717, 1.165) is 29.9 Å². The molecule has 0 saturated carbocycles.